The Kier molecular flexibility index (Phi) is 7.27. The van der Waals surface area contributed by atoms with E-state index in [-0.39, 0.29) is 6.61 Å². The number of hydrogen-bond donors (Lipinski definition) is 3. The van der Waals surface area contributed by atoms with Crippen LogP contribution in [0.3, 0.4) is 0 Å². The van der Waals surface area contributed by atoms with Gasteiger partial charge >= 0.3 is 5.97 Å². The molecular weight excluding hydrogens is 230 g/mol. The Balaban J connectivity index is 3.71. The van der Waals surface area contributed by atoms with Crippen LogP contribution in [-0.4, -0.2) is 49.5 Å². The number of methoxy groups -OCH3 is 3. The van der Waals surface area contributed by atoms with Crippen LogP contribution < -0.4 is 17.2 Å². The Labute approximate surface area is 98.5 Å². The van der Waals surface area contributed by atoms with E-state index in [1.54, 1.807) is 0 Å². The summed E-state index contributed by atoms with van der Waals surface area (Å²) in [5.74, 6) is -2.24. The average Bonchev–Trinajstić information content (AvgIpc) is 2.23. The largest absolute Gasteiger partial charge is 0.416 e. The van der Waals surface area contributed by atoms with Crippen LogP contribution in [0.25, 0.3) is 0 Å². The zero-order valence-electron chi connectivity index (χ0n) is 10.2. The third-order valence-corrected chi connectivity index (χ3v) is 3.25. The van der Waals surface area contributed by atoms with Gasteiger partial charge in [-0.3, -0.25) is 0 Å². The SMILES string of the molecule is COC(CO[SiH2]CCC(N)(N)N)(OC)OC. The van der Waals surface area contributed by atoms with E-state index in [0.29, 0.717) is 6.42 Å². The quantitative estimate of drug-likeness (QED) is 0.248. The zero-order valence-corrected chi connectivity index (χ0v) is 11.6. The van der Waals surface area contributed by atoms with Gasteiger partial charge < -0.3 is 35.8 Å². The summed E-state index contributed by atoms with van der Waals surface area (Å²) >= 11 is 0. The molecule has 0 aliphatic heterocycles. The number of rotatable bonds is 9. The minimum absolute atomic E-state index is 0.218. The lowest BCUT2D eigenvalue weighted by Gasteiger charge is -2.28. The van der Waals surface area contributed by atoms with Gasteiger partial charge in [-0.25, -0.2) is 0 Å². The maximum Gasteiger partial charge on any atom is 0.305 e. The number of ether oxygens (including phenoxy) is 3. The lowest BCUT2D eigenvalue weighted by molar-refractivity contribution is -0.361. The third kappa shape index (κ3) is 6.50. The van der Waals surface area contributed by atoms with E-state index in [2.05, 4.69) is 0 Å². The summed E-state index contributed by atoms with van der Waals surface area (Å²) in [6.45, 7) is 0.218. The van der Waals surface area contributed by atoms with Crippen molar-refractivity contribution in [2.45, 2.75) is 24.2 Å². The molecule has 0 saturated carbocycles. The topological polar surface area (TPSA) is 115 Å². The van der Waals surface area contributed by atoms with Crippen molar-refractivity contribution in [3.8, 4) is 0 Å². The highest BCUT2D eigenvalue weighted by molar-refractivity contribution is 6.27. The van der Waals surface area contributed by atoms with Gasteiger partial charge in [-0.2, -0.15) is 0 Å². The highest BCUT2D eigenvalue weighted by atomic mass is 28.2. The predicted octanol–water partition coefficient (Wildman–Crippen LogP) is -1.98. The molecule has 0 amide bonds. The van der Waals surface area contributed by atoms with E-state index >= 15 is 0 Å². The second kappa shape index (κ2) is 7.30. The summed E-state index contributed by atoms with van der Waals surface area (Å²) in [6, 6.07) is 0.788. The van der Waals surface area contributed by atoms with Gasteiger partial charge in [-0.1, -0.05) is 0 Å². The van der Waals surface area contributed by atoms with E-state index in [9.17, 15) is 0 Å². The maximum absolute atomic E-state index is 5.46. The highest BCUT2D eigenvalue weighted by Gasteiger charge is 2.29. The van der Waals surface area contributed by atoms with E-state index in [4.69, 9.17) is 35.8 Å². The molecule has 0 heterocycles. The van der Waals surface area contributed by atoms with E-state index in [1.807, 2.05) is 0 Å². The summed E-state index contributed by atoms with van der Waals surface area (Å²) < 4.78 is 20.7. The first kappa shape index (κ1) is 15.9. The van der Waals surface area contributed by atoms with Gasteiger partial charge in [-0.05, 0) is 12.5 Å². The molecule has 98 valence electrons. The minimum atomic E-state index is -1.13. The Bertz CT molecular complexity index is 176. The van der Waals surface area contributed by atoms with Crippen molar-refractivity contribution in [3.63, 3.8) is 0 Å². The second-order valence-corrected chi connectivity index (χ2v) is 5.09. The highest BCUT2D eigenvalue weighted by Crippen LogP contribution is 2.12. The fourth-order valence-corrected chi connectivity index (χ4v) is 2.46. The first-order valence-corrected chi connectivity index (χ1v) is 6.56. The summed E-state index contributed by atoms with van der Waals surface area (Å²) in [6.07, 6.45) is 0.527. The van der Waals surface area contributed by atoms with E-state index in [0.717, 1.165) is 6.04 Å². The molecule has 0 aliphatic rings. The molecule has 8 heteroatoms. The first-order valence-electron chi connectivity index (χ1n) is 4.99. The fraction of sp³-hybridized carbons (Fsp3) is 1.00. The van der Waals surface area contributed by atoms with Crippen LogP contribution in [0.2, 0.25) is 6.04 Å². The van der Waals surface area contributed by atoms with E-state index in [1.165, 1.54) is 21.3 Å². The molecule has 16 heavy (non-hydrogen) atoms. The lowest BCUT2D eigenvalue weighted by Crippen LogP contribution is -2.57. The van der Waals surface area contributed by atoms with Crippen LogP contribution in [0.5, 0.6) is 0 Å². The summed E-state index contributed by atoms with van der Waals surface area (Å²) in [5.41, 5.74) is 16.3. The second-order valence-electron chi connectivity index (χ2n) is 3.56. The van der Waals surface area contributed by atoms with Gasteiger partial charge in [0.25, 0.3) is 0 Å². The molecule has 0 saturated heterocycles. The fourth-order valence-electron chi connectivity index (χ4n) is 1.10. The van der Waals surface area contributed by atoms with Gasteiger partial charge in [0, 0.05) is 21.3 Å². The first-order chi connectivity index (χ1) is 7.39. The van der Waals surface area contributed by atoms with Crippen LogP contribution in [0.4, 0.5) is 0 Å². The molecule has 0 aromatic rings. The Hall–Kier alpha value is -0.0631. The molecule has 0 radical (unpaired) electrons. The molecule has 6 N–H and O–H groups in total. The molecule has 0 spiro atoms. The Morgan fingerprint density at radius 1 is 1.00 bits per heavy atom. The molecule has 0 atom stereocenters. The number of hydrogen-bond acceptors (Lipinski definition) is 7. The molecule has 0 aliphatic carbocycles. The summed E-state index contributed by atoms with van der Waals surface area (Å²) in [4.78, 5) is 0. The molecule has 0 aromatic heterocycles. The monoisotopic (exact) mass is 253 g/mol. The van der Waals surface area contributed by atoms with Crippen LogP contribution in [0.15, 0.2) is 0 Å². The van der Waals surface area contributed by atoms with Gasteiger partial charge in [0.15, 0.2) is 9.76 Å². The summed E-state index contributed by atoms with van der Waals surface area (Å²) in [7, 11) is 3.71. The third-order valence-electron chi connectivity index (χ3n) is 2.11. The van der Waals surface area contributed by atoms with Gasteiger partial charge in [-0.15, -0.1) is 0 Å². The maximum atomic E-state index is 5.46. The number of nitrogens with two attached hydrogens (primary N) is 3. The Morgan fingerprint density at radius 3 is 1.88 bits per heavy atom. The van der Waals surface area contributed by atoms with Crippen LogP contribution in [0, 0.1) is 0 Å². The Morgan fingerprint density at radius 2 is 1.50 bits per heavy atom. The van der Waals surface area contributed by atoms with Gasteiger partial charge in [0.05, 0.1) is 0 Å². The molecule has 0 fully saturated rings. The van der Waals surface area contributed by atoms with Crippen molar-refractivity contribution in [1.82, 2.24) is 0 Å². The summed E-state index contributed by atoms with van der Waals surface area (Å²) in [5, 5.41) is 0. The minimum Gasteiger partial charge on any atom is -0.416 e. The molecule has 0 rings (SSSR count). The van der Waals surface area contributed by atoms with Crippen molar-refractivity contribution in [3.05, 3.63) is 0 Å². The normalized spacial score (nSPS) is 13.9. The van der Waals surface area contributed by atoms with Crippen molar-refractivity contribution in [2.24, 2.45) is 17.2 Å². The molecule has 0 unspecified atom stereocenters. The van der Waals surface area contributed by atoms with Crippen molar-refractivity contribution >= 4 is 9.76 Å². The van der Waals surface area contributed by atoms with Crippen LogP contribution >= 0.6 is 0 Å². The predicted molar refractivity (Wildman–Crippen MR) is 63.0 cm³/mol. The molecule has 7 nitrogen and oxygen atoms in total. The van der Waals surface area contributed by atoms with Crippen molar-refractivity contribution < 1.29 is 18.6 Å². The van der Waals surface area contributed by atoms with Gasteiger partial charge in [0.1, 0.15) is 12.4 Å². The molecular formula is C8H23N3O4Si. The smallest absolute Gasteiger partial charge is 0.305 e. The average molecular weight is 253 g/mol. The van der Waals surface area contributed by atoms with E-state index < -0.39 is 21.5 Å². The van der Waals surface area contributed by atoms with Crippen LogP contribution in [-0.2, 0) is 18.6 Å². The molecule has 0 bridgehead atoms. The van der Waals surface area contributed by atoms with Gasteiger partial charge in [0.2, 0.25) is 0 Å². The van der Waals surface area contributed by atoms with Crippen LogP contribution in [0.1, 0.15) is 6.42 Å². The molecule has 0 aromatic carbocycles. The van der Waals surface area contributed by atoms with Crippen molar-refractivity contribution in [1.29, 1.82) is 0 Å². The van der Waals surface area contributed by atoms with Crippen molar-refractivity contribution in [2.75, 3.05) is 27.9 Å². The standard InChI is InChI=1S/C8H23N3O4Si/c1-12-8(13-2,14-3)6-15-16-5-4-7(9,10)11/h4-6,9-11,16H2,1-3H3. The zero-order chi connectivity index (χ0) is 12.7. The lowest BCUT2D eigenvalue weighted by atomic mass is 10.3.